The number of piperidine rings is 1. The van der Waals surface area contributed by atoms with Gasteiger partial charge < -0.3 is 10.2 Å². The van der Waals surface area contributed by atoms with Gasteiger partial charge in [0.1, 0.15) is 0 Å². The molecule has 0 radical (unpaired) electrons. The van der Waals surface area contributed by atoms with Crippen LogP contribution in [0.1, 0.15) is 59.4 Å². The molecule has 0 unspecified atom stereocenters. The summed E-state index contributed by atoms with van der Waals surface area (Å²) in [4.78, 5) is 27.8. The summed E-state index contributed by atoms with van der Waals surface area (Å²) in [7, 11) is 0. The van der Waals surface area contributed by atoms with Gasteiger partial charge in [-0.05, 0) is 69.9 Å². The largest absolute Gasteiger partial charge is 0.333 e. The second-order valence-electron chi connectivity index (χ2n) is 7.31. The average Bonchev–Trinajstić information content (AvgIpc) is 2.64. The van der Waals surface area contributed by atoms with Crippen LogP contribution in [0.3, 0.4) is 0 Å². The van der Waals surface area contributed by atoms with Crippen molar-refractivity contribution in [1.82, 2.24) is 4.90 Å². The topological polar surface area (TPSA) is 49.4 Å². The first-order valence-corrected chi connectivity index (χ1v) is 9.75. The highest BCUT2D eigenvalue weighted by atomic mass is 35.5. The predicted molar refractivity (Wildman–Crippen MR) is 110 cm³/mol. The number of para-hydroxylation sites is 1. The SMILES string of the molecule is Cc1ccc(C(=O)Nc2ccccc2C(=O)N2[C@H](C)CCC[C@@H]2C)cc1Cl. The Morgan fingerprint density at radius 2 is 1.74 bits per heavy atom. The first-order chi connectivity index (χ1) is 12.9. The summed E-state index contributed by atoms with van der Waals surface area (Å²) in [6.07, 6.45) is 3.15. The Morgan fingerprint density at radius 1 is 1.07 bits per heavy atom. The van der Waals surface area contributed by atoms with Gasteiger partial charge in [-0.15, -0.1) is 0 Å². The Balaban J connectivity index is 1.86. The molecule has 2 aromatic rings. The fraction of sp³-hybridized carbons (Fsp3) is 0.364. The van der Waals surface area contributed by atoms with Crippen LogP contribution in [0.2, 0.25) is 5.02 Å². The number of amides is 2. The fourth-order valence-electron chi connectivity index (χ4n) is 3.67. The molecule has 27 heavy (non-hydrogen) atoms. The molecule has 2 aromatic carbocycles. The van der Waals surface area contributed by atoms with Crippen molar-refractivity contribution in [2.75, 3.05) is 5.32 Å². The van der Waals surface area contributed by atoms with E-state index < -0.39 is 0 Å². The van der Waals surface area contributed by atoms with Crippen LogP contribution in [0.5, 0.6) is 0 Å². The molecule has 1 aliphatic heterocycles. The molecule has 0 spiro atoms. The zero-order chi connectivity index (χ0) is 19.6. The van der Waals surface area contributed by atoms with Crippen molar-refractivity contribution < 1.29 is 9.59 Å². The van der Waals surface area contributed by atoms with E-state index in [1.165, 1.54) is 0 Å². The molecule has 0 aromatic heterocycles. The Labute approximate surface area is 165 Å². The first kappa shape index (κ1) is 19.4. The van der Waals surface area contributed by atoms with Gasteiger partial charge in [-0.1, -0.05) is 29.8 Å². The maximum absolute atomic E-state index is 13.2. The maximum Gasteiger partial charge on any atom is 0.256 e. The van der Waals surface area contributed by atoms with E-state index in [-0.39, 0.29) is 23.9 Å². The molecule has 1 fully saturated rings. The van der Waals surface area contributed by atoms with Crippen molar-refractivity contribution in [2.45, 2.75) is 52.1 Å². The van der Waals surface area contributed by atoms with Crippen molar-refractivity contribution in [2.24, 2.45) is 0 Å². The summed E-state index contributed by atoms with van der Waals surface area (Å²) in [6.45, 7) is 6.06. The average molecular weight is 385 g/mol. The van der Waals surface area contributed by atoms with Crippen molar-refractivity contribution in [3.8, 4) is 0 Å². The number of carbonyl (C=O) groups excluding carboxylic acids is 2. The highest BCUT2D eigenvalue weighted by molar-refractivity contribution is 6.31. The van der Waals surface area contributed by atoms with Gasteiger partial charge in [0.25, 0.3) is 11.8 Å². The number of hydrogen-bond acceptors (Lipinski definition) is 2. The van der Waals surface area contributed by atoms with Gasteiger partial charge in [0.15, 0.2) is 0 Å². The van der Waals surface area contributed by atoms with E-state index in [2.05, 4.69) is 19.2 Å². The zero-order valence-corrected chi connectivity index (χ0v) is 16.7. The van der Waals surface area contributed by atoms with Gasteiger partial charge in [0.05, 0.1) is 11.3 Å². The Bertz CT molecular complexity index is 855. The van der Waals surface area contributed by atoms with E-state index in [4.69, 9.17) is 11.6 Å². The number of hydrogen-bond donors (Lipinski definition) is 1. The van der Waals surface area contributed by atoms with Gasteiger partial charge in [-0.2, -0.15) is 0 Å². The van der Waals surface area contributed by atoms with Crippen LogP contribution in [-0.2, 0) is 0 Å². The zero-order valence-electron chi connectivity index (χ0n) is 16.0. The molecule has 4 nitrogen and oxygen atoms in total. The van der Waals surface area contributed by atoms with Crippen LogP contribution >= 0.6 is 11.6 Å². The van der Waals surface area contributed by atoms with Crippen molar-refractivity contribution >= 4 is 29.1 Å². The van der Waals surface area contributed by atoms with Crippen LogP contribution in [0.4, 0.5) is 5.69 Å². The standard InChI is InChI=1S/C22H25ClN2O2/c1-14-11-12-17(13-19(14)23)21(26)24-20-10-5-4-9-18(20)22(27)25-15(2)7-6-8-16(25)3/h4-5,9-13,15-16H,6-8H2,1-3H3,(H,24,26)/t15-,16+. The molecular formula is C22H25ClN2O2. The molecule has 1 N–H and O–H groups in total. The summed E-state index contributed by atoms with van der Waals surface area (Å²) in [5.74, 6) is -0.315. The molecule has 1 heterocycles. The number of halogens is 1. The van der Waals surface area contributed by atoms with E-state index >= 15 is 0 Å². The summed E-state index contributed by atoms with van der Waals surface area (Å²) in [5, 5.41) is 3.42. The number of nitrogens with one attached hydrogen (secondary N) is 1. The lowest BCUT2D eigenvalue weighted by Gasteiger charge is -2.39. The third-order valence-corrected chi connectivity index (χ3v) is 5.67. The van der Waals surface area contributed by atoms with E-state index in [1.807, 2.05) is 30.0 Å². The van der Waals surface area contributed by atoms with Crippen LogP contribution in [-0.4, -0.2) is 28.8 Å². The lowest BCUT2D eigenvalue weighted by molar-refractivity contribution is 0.0512. The molecule has 5 heteroatoms. The molecule has 0 aliphatic carbocycles. The number of aryl methyl sites for hydroxylation is 1. The fourth-order valence-corrected chi connectivity index (χ4v) is 3.85. The number of rotatable bonds is 3. The minimum absolute atomic E-state index is 0.0347. The van der Waals surface area contributed by atoms with Crippen molar-refractivity contribution in [3.63, 3.8) is 0 Å². The molecule has 0 bridgehead atoms. The molecule has 142 valence electrons. The number of anilines is 1. The summed E-state index contributed by atoms with van der Waals surface area (Å²) in [5.41, 5.74) is 2.42. The van der Waals surface area contributed by atoms with Gasteiger partial charge in [-0.25, -0.2) is 0 Å². The lowest BCUT2D eigenvalue weighted by atomic mass is 9.96. The van der Waals surface area contributed by atoms with Gasteiger partial charge in [0.2, 0.25) is 0 Å². The van der Waals surface area contributed by atoms with Gasteiger partial charge in [0, 0.05) is 22.7 Å². The monoisotopic (exact) mass is 384 g/mol. The van der Waals surface area contributed by atoms with E-state index in [0.29, 0.717) is 21.8 Å². The third kappa shape index (κ3) is 4.16. The summed E-state index contributed by atoms with van der Waals surface area (Å²) in [6, 6.07) is 12.8. The smallest absolute Gasteiger partial charge is 0.256 e. The Hall–Kier alpha value is -2.33. The number of likely N-dealkylation sites (tertiary alicyclic amines) is 1. The maximum atomic E-state index is 13.2. The second-order valence-corrected chi connectivity index (χ2v) is 7.71. The summed E-state index contributed by atoms with van der Waals surface area (Å²) < 4.78 is 0. The second kappa shape index (κ2) is 8.13. The molecular weight excluding hydrogens is 360 g/mol. The molecule has 1 saturated heterocycles. The highest BCUT2D eigenvalue weighted by Crippen LogP contribution is 2.27. The molecule has 3 rings (SSSR count). The van der Waals surface area contributed by atoms with Gasteiger partial charge in [-0.3, -0.25) is 9.59 Å². The van der Waals surface area contributed by atoms with Gasteiger partial charge >= 0.3 is 0 Å². The number of nitrogens with zero attached hydrogens (tertiary/aromatic N) is 1. The Morgan fingerprint density at radius 3 is 2.41 bits per heavy atom. The van der Waals surface area contributed by atoms with Crippen LogP contribution in [0, 0.1) is 6.92 Å². The van der Waals surface area contributed by atoms with Crippen LogP contribution in [0.15, 0.2) is 42.5 Å². The number of carbonyl (C=O) groups is 2. The number of benzene rings is 2. The van der Waals surface area contributed by atoms with E-state index in [9.17, 15) is 9.59 Å². The molecule has 1 aliphatic rings. The minimum Gasteiger partial charge on any atom is -0.333 e. The van der Waals surface area contributed by atoms with E-state index in [1.54, 1.807) is 24.3 Å². The lowest BCUT2D eigenvalue weighted by Crippen LogP contribution is -2.47. The first-order valence-electron chi connectivity index (χ1n) is 9.37. The quantitative estimate of drug-likeness (QED) is 0.780. The Kier molecular flexibility index (Phi) is 5.85. The molecule has 2 amide bonds. The van der Waals surface area contributed by atoms with Crippen molar-refractivity contribution in [3.05, 3.63) is 64.2 Å². The van der Waals surface area contributed by atoms with Crippen LogP contribution < -0.4 is 5.32 Å². The highest BCUT2D eigenvalue weighted by Gasteiger charge is 2.30. The van der Waals surface area contributed by atoms with Crippen molar-refractivity contribution in [1.29, 1.82) is 0 Å². The van der Waals surface area contributed by atoms with E-state index in [0.717, 1.165) is 24.8 Å². The normalized spacial score (nSPS) is 19.6. The molecule has 2 atom stereocenters. The molecule has 0 saturated carbocycles. The minimum atomic E-state index is -0.281. The van der Waals surface area contributed by atoms with Crippen LogP contribution in [0.25, 0.3) is 0 Å². The predicted octanol–water partition coefficient (Wildman–Crippen LogP) is 5.30. The summed E-state index contributed by atoms with van der Waals surface area (Å²) >= 11 is 6.14. The third-order valence-electron chi connectivity index (χ3n) is 5.27.